The lowest BCUT2D eigenvalue weighted by Gasteiger charge is -2.23. The Balaban J connectivity index is 1.79. The molecule has 1 atom stereocenters. The van der Waals surface area contributed by atoms with Crippen molar-refractivity contribution in [2.24, 2.45) is 0 Å². The molecule has 0 unspecified atom stereocenters. The second-order valence-electron chi connectivity index (χ2n) is 5.25. The molecule has 2 aromatic rings. The molecule has 6 heteroatoms. The number of ether oxygens (including phenoxy) is 1. The molecule has 1 aliphatic heterocycles. The fourth-order valence-electron chi connectivity index (χ4n) is 2.41. The molecule has 1 amide bonds. The molecule has 110 valence electrons. The lowest BCUT2D eigenvalue weighted by molar-refractivity contribution is 0.0622. The maximum absolute atomic E-state index is 12.3. The number of nitrogens with one attached hydrogen (secondary N) is 1. The molecule has 1 saturated heterocycles. The quantitative estimate of drug-likeness (QED) is 0.928. The molecule has 6 nitrogen and oxygen atoms in total. The summed E-state index contributed by atoms with van der Waals surface area (Å²) in [7, 11) is 0. The highest BCUT2D eigenvalue weighted by molar-refractivity contribution is 5.92. The fourth-order valence-corrected chi connectivity index (χ4v) is 2.41. The van der Waals surface area contributed by atoms with Gasteiger partial charge < -0.3 is 10.1 Å². The first-order chi connectivity index (χ1) is 10.2. The van der Waals surface area contributed by atoms with Crippen molar-refractivity contribution in [1.29, 1.82) is 0 Å². The Morgan fingerprint density at radius 3 is 3.10 bits per heavy atom. The van der Waals surface area contributed by atoms with Crippen LogP contribution in [0.2, 0.25) is 0 Å². The van der Waals surface area contributed by atoms with Gasteiger partial charge in [-0.05, 0) is 37.5 Å². The summed E-state index contributed by atoms with van der Waals surface area (Å²) in [6, 6.07) is 3.78. The van der Waals surface area contributed by atoms with Gasteiger partial charge in [-0.25, -0.2) is 9.97 Å². The number of aryl methyl sites for hydroxylation is 1. The molecule has 1 aliphatic rings. The Bertz CT molecular complexity index is 619. The largest absolute Gasteiger partial charge is 0.379 e. The van der Waals surface area contributed by atoms with Gasteiger partial charge in [0.15, 0.2) is 0 Å². The van der Waals surface area contributed by atoms with Gasteiger partial charge in [-0.15, -0.1) is 0 Å². The Morgan fingerprint density at radius 2 is 2.38 bits per heavy atom. The summed E-state index contributed by atoms with van der Waals surface area (Å²) in [5.74, 6) is 0.535. The fraction of sp³-hybridized carbons (Fsp3) is 0.400. The van der Waals surface area contributed by atoms with E-state index < -0.39 is 0 Å². The van der Waals surface area contributed by atoms with Crippen LogP contribution in [0.3, 0.4) is 0 Å². The normalized spacial score (nSPS) is 18.4. The van der Waals surface area contributed by atoms with E-state index in [0.717, 1.165) is 25.0 Å². The topological polar surface area (TPSA) is 69.0 Å². The van der Waals surface area contributed by atoms with Crippen molar-refractivity contribution < 1.29 is 9.53 Å². The van der Waals surface area contributed by atoms with Crippen LogP contribution in [0.1, 0.15) is 28.9 Å². The number of imidazole rings is 1. The van der Waals surface area contributed by atoms with Gasteiger partial charge in [-0.1, -0.05) is 0 Å². The van der Waals surface area contributed by atoms with Crippen molar-refractivity contribution in [3.05, 3.63) is 42.1 Å². The number of aromatic nitrogens is 3. The second-order valence-corrected chi connectivity index (χ2v) is 5.25. The van der Waals surface area contributed by atoms with Gasteiger partial charge in [-0.3, -0.25) is 9.36 Å². The smallest absolute Gasteiger partial charge is 0.270 e. The van der Waals surface area contributed by atoms with Crippen molar-refractivity contribution in [3.63, 3.8) is 0 Å². The highest BCUT2D eigenvalue weighted by Crippen LogP contribution is 2.11. The Hall–Kier alpha value is -2.21. The monoisotopic (exact) mass is 286 g/mol. The third-order valence-electron chi connectivity index (χ3n) is 3.45. The molecule has 1 fully saturated rings. The first-order valence-electron chi connectivity index (χ1n) is 7.08. The molecule has 0 aromatic carbocycles. The number of hydrogen-bond acceptors (Lipinski definition) is 4. The zero-order valence-corrected chi connectivity index (χ0v) is 12.0. The van der Waals surface area contributed by atoms with Crippen LogP contribution >= 0.6 is 0 Å². The molecule has 3 rings (SSSR count). The minimum absolute atomic E-state index is 0.0743. The van der Waals surface area contributed by atoms with E-state index in [2.05, 4.69) is 15.3 Å². The molecule has 0 bridgehead atoms. The van der Waals surface area contributed by atoms with Gasteiger partial charge in [0, 0.05) is 19.0 Å². The summed E-state index contributed by atoms with van der Waals surface area (Å²) in [4.78, 5) is 20.7. The summed E-state index contributed by atoms with van der Waals surface area (Å²) in [6.07, 6.45) is 7.08. The molecular weight excluding hydrogens is 268 g/mol. The van der Waals surface area contributed by atoms with E-state index in [1.165, 1.54) is 0 Å². The molecule has 21 heavy (non-hydrogen) atoms. The number of carbonyl (C=O) groups excluding carboxylic acids is 1. The van der Waals surface area contributed by atoms with Crippen LogP contribution in [0.4, 0.5) is 0 Å². The van der Waals surface area contributed by atoms with E-state index in [4.69, 9.17) is 4.74 Å². The summed E-state index contributed by atoms with van der Waals surface area (Å²) in [6.45, 7) is 3.30. The number of amides is 1. The SMILES string of the molecule is Cc1cc(C(=O)N[C@H]2CCCOC2)nc(-n2ccnc2)c1. The molecule has 3 heterocycles. The van der Waals surface area contributed by atoms with Crippen LogP contribution in [0.5, 0.6) is 0 Å². The van der Waals surface area contributed by atoms with Crippen molar-refractivity contribution in [3.8, 4) is 5.82 Å². The number of rotatable bonds is 3. The molecule has 0 radical (unpaired) electrons. The third kappa shape index (κ3) is 3.28. The van der Waals surface area contributed by atoms with Crippen LogP contribution in [-0.4, -0.2) is 39.7 Å². The van der Waals surface area contributed by atoms with Crippen LogP contribution < -0.4 is 5.32 Å². The average molecular weight is 286 g/mol. The lowest BCUT2D eigenvalue weighted by Crippen LogP contribution is -2.41. The van der Waals surface area contributed by atoms with Crippen molar-refractivity contribution in [1.82, 2.24) is 19.9 Å². The van der Waals surface area contributed by atoms with Gasteiger partial charge in [0.2, 0.25) is 0 Å². The second kappa shape index (κ2) is 6.05. The van der Waals surface area contributed by atoms with E-state index in [9.17, 15) is 4.79 Å². The van der Waals surface area contributed by atoms with Gasteiger partial charge in [0.1, 0.15) is 17.8 Å². The summed E-state index contributed by atoms with van der Waals surface area (Å²) >= 11 is 0. The molecule has 0 aliphatic carbocycles. The highest BCUT2D eigenvalue weighted by atomic mass is 16.5. The average Bonchev–Trinajstić information content (AvgIpc) is 3.02. The minimum Gasteiger partial charge on any atom is -0.379 e. The van der Waals surface area contributed by atoms with E-state index in [1.807, 2.05) is 13.0 Å². The highest BCUT2D eigenvalue weighted by Gasteiger charge is 2.18. The Morgan fingerprint density at radius 1 is 1.48 bits per heavy atom. The predicted molar refractivity (Wildman–Crippen MR) is 77.4 cm³/mol. The summed E-state index contributed by atoms with van der Waals surface area (Å²) in [5, 5.41) is 2.98. The van der Waals surface area contributed by atoms with Gasteiger partial charge in [0.05, 0.1) is 12.6 Å². The number of nitrogens with zero attached hydrogens (tertiary/aromatic N) is 3. The molecular formula is C15H18N4O2. The number of hydrogen-bond donors (Lipinski definition) is 1. The van der Waals surface area contributed by atoms with E-state index in [-0.39, 0.29) is 11.9 Å². The Labute approximate surface area is 123 Å². The third-order valence-corrected chi connectivity index (χ3v) is 3.45. The van der Waals surface area contributed by atoms with Crippen LogP contribution in [-0.2, 0) is 4.74 Å². The van der Waals surface area contributed by atoms with Crippen LogP contribution in [0.15, 0.2) is 30.9 Å². The lowest BCUT2D eigenvalue weighted by atomic mass is 10.1. The van der Waals surface area contributed by atoms with Crippen molar-refractivity contribution >= 4 is 5.91 Å². The summed E-state index contributed by atoms with van der Waals surface area (Å²) in [5.41, 5.74) is 1.41. The standard InChI is InChI=1S/C15H18N4O2/c1-11-7-13(15(20)17-12-3-2-6-21-9-12)18-14(8-11)19-5-4-16-10-19/h4-5,7-8,10,12H,2-3,6,9H2,1H3,(H,17,20)/t12-/m0/s1. The van der Waals surface area contributed by atoms with Gasteiger partial charge in [0.25, 0.3) is 5.91 Å². The molecule has 0 saturated carbocycles. The molecule has 0 spiro atoms. The van der Waals surface area contributed by atoms with Gasteiger partial charge >= 0.3 is 0 Å². The van der Waals surface area contributed by atoms with E-state index in [1.54, 1.807) is 29.4 Å². The maximum atomic E-state index is 12.3. The van der Waals surface area contributed by atoms with Crippen LogP contribution in [0, 0.1) is 6.92 Å². The number of carbonyl (C=O) groups is 1. The summed E-state index contributed by atoms with van der Waals surface area (Å²) < 4.78 is 7.16. The van der Waals surface area contributed by atoms with Gasteiger partial charge in [-0.2, -0.15) is 0 Å². The molecule has 2 aromatic heterocycles. The van der Waals surface area contributed by atoms with Crippen LogP contribution in [0.25, 0.3) is 5.82 Å². The zero-order chi connectivity index (χ0) is 14.7. The van der Waals surface area contributed by atoms with Crippen molar-refractivity contribution in [2.75, 3.05) is 13.2 Å². The number of pyridine rings is 1. The minimum atomic E-state index is -0.157. The Kier molecular flexibility index (Phi) is 3.96. The van der Waals surface area contributed by atoms with E-state index >= 15 is 0 Å². The first-order valence-corrected chi connectivity index (χ1v) is 7.08. The zero-order valence-electron chi connectivity index (χ0n) is 12.0. The first kappa shape index (κ1) is 13.8. The molecule has 1 N–H and O–H groups in total. The predicted octanol–water partition coefficient (Wildman–Crippen LogP) is 1.48. The van der Waals surface area contributed by atoms with Crippen molar-refractivity contribution in [2.45, 2.75) is 25.8 Å². The maximum Gasteiger partial charge on any atom is 0.270 e. The van der Waals surface area contributed by atoms with E-state index in [0.29, 0.717) is 18.1 Å².